The van der Waals surface area contributed by atoms with E-state index in [2.05, 4.69) is 22.2 Å². The summed E-state index contributed by atoms with van der Waals surface area (Å²) >= 11 is 5.97. The Hall–Kier alpha value is -1.03. The average Bonchev–Trinajstić information content (AvgIpc) is 2.10. The summed E-state index contributed by atoms with van der Waals surface area (Å²) in [6.45, 7) is 2.16. The van der Waals surface area contributed by atoms with Gasteiger partial charge in [-0.2, -0.15) is 0 Å². The van der Waals surface area contributed by atoms with Crippen LogP contribution < -0.4 is 11.1 Å². The Labute approximate surface area is 87.9 Å². The zero-order chi connectivity index (χ0) is 10.2. The largest absolute Gasteiger partial charge is 0.382 e. The first-order valence-electron chi connectivity index (χ1n) is 4.65. The van der Waals surface area contributed by atoms with Crippen LogP contribution in [0.1, 0.15) is 26.2 Å². The van der Waals surface area contributed by atoms with Gasteiger partial charge in [-0.3, -0.25) is 0 Å². The first kappa shape index (κ1) is 9.52. The Balaban J connectivity index is 2.20. The third kappa shape index (κ3) is 1.62. The maximum atomic E-state index is 5.97. The van der Waals surface area contributed by atoms with Crippen molar-refractivity contribution in [2.45, 2.75) is 31.7 Å². The van der Waals surface area contributed by atoms with E-state index in [-0.39, 0.29) is 5.54 Å². The van der Waals surface area contributed by atoms with Gasteiger partial charge in [-0.05, 0) is 26.2 Å². The van der Waals surface area contributed by atoms with Crippen molar-refractivity contribution in [3.63, 3.8) is 0 Å². The Morgan fingerprint density at radius 3 is 2.79 bits per heavy atom. The van der Waals surface area contributed by atoms with Gasteiger partial charge in [0.05, 0.1) is 0 Å². The minimum absolute atomic E-state index is 0.129. The summed E-state index contributed by atoms with van der Waals surface area (Å²) in [5.74, 6) is 0.966. The SMILES string of the molecule is CC1(Nc2ncnc(N)c2Cl)CCC1. The van der Waals surface area contributed by atoms with Crippen molar-refractivity contribution >= 4 is 23.2 Å². The van der Waals surface area contributed by atoms with E-state index in [0.717, 1.165) is 12.8 Å². The smallest absolute Gasteiger partial charge is 0.150 e. The molecule has 0 bridgehead atoms. The van der Waals surface area contributed by atoms with Crippen molar-refractivity contribution < 1.29 is 0 Å². The molecule has 1 saturated carbocycles. The molecule has 0 radical (unpaired) electrons. The highest BCUT2D eigenvalue weighted by Gasteiger charge is 2.32. The molecule has 2 rings (SSSR count). The van der Waals surface area contributed by atoms with E-state index < -0.39 is 0 Å². The Morgan fingerprint density at radius 1 is 1.50 bits per heavy atom. The van der Waals surface area contributed by atoms with Crippen molar-refractivity contribution in [3.05, 3.63) is 11.3 Å². The summed E-state index contributed by atoms with van der Waals surface area (Å²) in [6, 6.07) is 0. The predicted octanol–water partition coefficient (Wildman–Crippen LogP) is 2.07. The number of hydrogen-bond donors (Lipinski definition) is 2. The highest BCUT2D eigenvalue weighted by molar-refractivity contribution is 6.35. The van der Waals surface area contributed by atoms with Crippen LogP contribution in [0.3, 0.4) is 0 Å². The fourth-order valence-electron chi connectivity index (χ4n) is 1.59. The second-order valence-electron chi connectivity index (χ2n) is 3.96. The van der Waals surface area contributed by atoms with Crippen LogP contribution in [0.2, 0.25) is 5.02 Å². The van der Waals surface area contributed by atoms with Crippen molar-refractivity contribution in [2.75, 3.05) is 11.1 Å². The summed E-state index contributed by atoms with van der Waals surface area (Å²) in [7, 11) is 0. The van der Waals surface area contributed by atoms with Crippen LogP contribution in [0.5, 0.6) is 0 Å². The molecule has 1 heterocycles. The molecule has 1 aromatic rings. The second kappa shape index (κ2) is 3.28. The van der Waals surface area contributed by atoms with Gasteiger partial charge in [0.15, 0.2) is 5.82 Å². The molecule has 76 valence electrons. The number of nitrogen functional groups attached to an aromatic ring is 1. The molecule has 1 aliphatic carbocycles. The minimum atomic E-state index is 0.129. The normalized spacial score (nSPS) is 18.7. The number of rotatable bonds is 2. The van der Waals surface area contributed by atoms with Crippen LogP contribution in [0.15, 0.2) is 6.33 Å². The van der Waals surface area contributed by atoms with Gasteiger partial charge in [0.25, 0.3) is 0 Å². The van der Waals surface area contributed by atoms with E-state index in [9.17, 15) is 0 Å². The number of halogens is 1. The van der Waals surface area contributed by atoms with Gasteiger partial charge < -0.3 is 11.1 Å². The van der Waals surface area contributed by atoms with E-state index in [4.69, 9.17) is 17.3 Å². The zero-order valence-corrected chi connectivity index (χ0v) is 8.80. The Morgan fingerprint density at radius 2 is 2.21 bits per heavy atom. The van der Waals surface area contributed by atoms with Gasteiger partial charge in [-0.15, -0.1) is 0 Å². The maximum absolute atomic E-state index is 5.97. The molecule has 14 heavy (non-hydrogen) atoms. The molecular formula is C9H13ClN4. The minimum Gasteiger partial charge on any atom is -0.382 e. The summed E-state index contributed by atoms with van der Waals surface area (Å²) in [6.07, 6.45) is 4.97. The quantitative estimate of drug-likeness (QED) is 0.788. The Kier molecular flexibility index (Phi) is 2.23. The highest BCUT2D eigenvalue weighted by Crippen LogP contribution is 2.36. The van der Waals surface area contributed by atoms with Crippen LogP contribution in [-0.2, 0) is 0 Å². The molecule has 0 atom stereocenters. The molecule has 0 saturated heterocycles. The summed E-state index contributed by atoms with van der Waals surface area (Å²) < 4.78 is 0. The van der Waals surface area contributed by atoms with Crippen LogP contribution >= 0.6 is 11.6 Å². The molecule has 5 heteroatoms. The molecule has 0 aromatic carbocycles. The van der Waals surface area contributed by atoms with Gasteiger partial charge in [-0.25, -0.2) is 9.97 Å². The molecule has 1 aromatic heterocycles. The number of nitrogens with zero attached hydrogens (tertiary/aromatic N) is 2. The fourth-order valence-corrected chi connectivity index (χ4v) is 1.73. The van der Waals surface area contributed by atoms with Crippen molar-refractivity contribution in [3.8, 4) is 0 Å². The second-order valence-corrected chi connectivity index (χ2v) is 4.34. The van der Waals surface area contributed by atoms with Crippen LogP contribution in [-0.4, -0.2) is 15.5 Å². The summed E-state index contributed by atoms with van der Waals surface area (Å²) in [4.78, 5) is 7.88. The highest BCUT2D eigenvalue weighted by atomic mass is 35.5. The molecule has 4 nitrogen and oxygen atoms in total. The van der Waals surface area contributed by atoms with Crippen LogP contribution in [0.4, 0.5) is 11.6 Å². The number of nitrogens with two attached hydrogens (primary N) is 1. The molecule has 0 spiro atoms. The van der Waals surface area contributed by atoms with Gasteiger partial charge in [0.1, 0.15) is 17.2 Å². The number of nitrogens with one attached hydrogen (secondary N) is 1. The molecule has 0 amide bonds. The van der Waals surface area contributed by atoms with E-state index in [1.807, 2.05) is 0 Å². The number of anilines is 2. The fraction of sp³-hybridized carbons (Fsp3) is 0.556. The lowest BCUT2D eigenvalue weighted by atomic mass is 9.78. The van der Waals surface area contributed by atoms with Crippen molar-refractivity contribution in [1.29, 1.82) is 0 Å². The van der Waals surface area contributed by atoms with E-state index >= 15 is 0 Å². The molecular weight excluding hydrogens is 200 g/mol. The van der Waals surface area contributed by atoms with Crippen LogP contribution in [0, 0.1) is 0 Å². The first-order valence-corrected chi connectivity index (χ1v) is 5.03. The van der Waals surface area contributed by atoms with Gasteiger partial charge in [0.2, 0.25) is 0 Å². The van der Waals surface area contributed by atoms with Gasteiger partial charge in [0, 0.05) is 5.54 Å². The summed E-state index contributed by atoms with van der Waals surface area (Å²) in [5, 5.41) is 3.72. The predicted molar refractivity (Wildman–Crippen MR) is 57.3 cm³/mol. The average molecular weight is 213 g/mol. The van der Waals surface area contributed by atoms with E-state index in [0.29, 0.717) is 16.7 Å². The van der Waals surface area contributed by atoms with Crippen molar-refractivity contribution in [2.24, 2.45) is 0 Å². The monoisotopic (exact) mass is 212 g/mol. The maximum Gasteiger partial charge on any atom is 0.150 e. The van der Waals surface area contributed by atoms with E-state index in [1.54, 1.807) is 0 Å². The molecule has 1 fully saturated rings. The standard InChI is InChI=1S/C9H13ClN4/c1-9(3-2-4-9)14-8-6(10)7(11)12-5-13-8/h5H,2-4H2,1H3,(H3,11,12,13,14). The summed E-state index contributed by atoms with van der Waals surface area (Å²) in [5.41, 5.74) is 5.71. The van der Waals surface area contributed by atoms with Gasteiger partial charge in [-0.1, -0.05) is 11.6 Å². The van der Waals surface area contributed by atoms with Crippen LogP contribution in [0.25, 0.3) is 0 Å². The molecule has 0 unspecified atom stereocenters. The topological polar surface area (TPSA) is 63.8 Å². The first-order chi connectivity index (χ1) is 6.61. The third-order valence-corrected chi connectivity index (χ3v) is 3.07. The van der Waals surface area contributed by atoms with Gasteiger partial charge >= 0.3 is 0 Å². The third-order valence-electron chi connectivity index (χ3n) is 2.69. The Bertz CT molecular complexity index is 349. The lowest BCUT2D eigenvalue weighted by molar-refractivity contribution is 0.306. The number of hydrogen-bond acceptors (Lipinski definition) is 4. The van der Waals surface area contributed by atoms with E-state index in [1.165, 1.54) is 12.7 Å². The van der Waals surface area contributed by atoms with Crippen molar-refractivity contribution in [1.82, 2.24) is 9.97 Å². The number of aromatic nitrogens is 2. The lowest BCUT2D eigenvalue weighted by Crippen LogP contribution is -2.42. The molecule has 1 aliphatic rings. The lowest BCUT2D eigenvalue weighted by Gasteiger charge is -2.39. The zero-order valence-electron chi connectivity index (χ0n) is 8.05. The molecule has 0 aliphatic heterocycles. The molecule has 3 N–H and O–H groups in total.